The van der Waals surface area contributed by atoms with Crippen molar-refractivity contribution < 1.29 is 9.59 Å². The van der Waals surface area contributed by atoms with Gasteiger partial charge in [-0.2, -0.15) is 0 Å². The van der Waals surface area contributed by atoms with Gasteiger partial charge in [0.05, 0.1) is 0 Å². The summed E-state index contributed by atoms with van der Waals surface area (Å²) >= 11 is 5.31. The van der Waals surface area contributed by atoms with Crippen LogP contribution in [0.1, 0.15) is 43.0 Å². The SMILES string of the molecule is Cc1cc(C)cc(C(=O)Cl)c1.Cc1cc(C)cc(C(N)=O)c1. The highest BCUT2D eigenvalue weighted by Gasteiger charge is 2.01. The lowest BCUT2D eigenvalue weighted by atomic mass is 10.1. The average molecular weight is 318 g/mol. The van der Waals surface area contributed by atoms with Crippen LogP contribution in [-0.2, 0) is 0 Å². The summed E-state index contributed by atoms with van der Waals surface area (Å²) in [5.41, 5.74) is 10.5. The molecule has 0 radical (unpaired) electrons. The van der Waals surface area contributed by atoms with Crippen molar-refractivity contribution in [2.45, 2.75) is 27.7 Å². The first kappa shape index (κ1) is 17.9. The van der Waals surface area contributed by atoms with Gasteiger partial charge in [0.15, 0.2) is 0 Å². The zero-order valence-corrected chi connectivity index (χ0v) is 14.0. The van der Waals surface area contributed by atoms with Crippen LogP contribution in [0.4, 0.5) is 0 Å². The van der Waals surface area contributed by atoms with Crippen LogP contribution in [0.3, 0.4) is 0 Å². The predicted molar refractivity (Wildman–Crippen MR) is 90.5 cm³/mol. The molecule has 0 aliphatic carbocycles. The second kappa shape index (κ2) is 7.76. The fraction of sp³-hybridized carbons (Fsp3) is 0.222. The number of hydrogen-bond acceptors (Lipinski definition) is 2. The van der Waals surface area contributed by atoms with E-state index in [4.69, 9.17) is 17.3 Å². The third-order valence-electron chi connectivity index (χ3n) is 2.95. The Balaban J connectivity index is 0.000000220. The van der Waals surface area contributed by atoms with E-state index in [1.807, 2.05) is 39.8 Å². The van der Waals surface area contributed by atoms with E-state index in [1.54, 1.807) is 24.3 Å². The number of carbonyl (C=O) groups is 2. The fourth-order valence-electron chi connectivity index (χ4n) is 2.21. The smallest absolute Gasteiger partial charge is 0.252 e. The summed E-state index contributed by atoms with van der Waals surface area (Å²) in [6.07, 6.45) is 0. The van der Waals surface area contributed by atoms with Crippen LogP contribution in [0.25, 0.3) is 0 Å². The van der Waals surface area contributed by atoms with E-state index in [0.717, 1.165) is 22.3 Å². The molecule has 2 aromatic carbocycles. The standard InChI is InChI=1S/C9H9ClO.C9H11NO/c2*1-6-3-7(2)5-8(4-6)9(10)11/h3-5H,1-2H3;3-5H,1-2H3,(H2,10,11). The van der Waals surface area contributed by atoms with Crippen molar-refractivity contribution in [1.29, 1.82) is 0 Å². The largest absolute Gasteiger partial charge is 0.366 e. The second-order valence-corrected chi connectivity index (χ2v) is 5.73. The zero-order valence-electron chi connectivity index (χ0n) is 13.2. The Morgan fingerprint density at radius 3 is 1.32 bits per heavy atom. The van der Waals surface area contributed by atoms with Gasteiger partial charge in [0.2, 0.25) is 5.91 Å². The van der Waals surface area contributed by atoms with Crippen LogP contribution in [0.2, 0.25) is 0 Å². The van der Waals surface area contributed by atoms with Crippen LogP contribution in [0, 0.1) is 27.7 Å². The van der Waals surface area contributed by atoms with Crippen molar-refractivity contribution in [3.05, 3.63) is 69.8 Å². The summed E-state index contributed by atoms with van der Waals surface area (Å²) in [6, 6.07) is 11.1. The summed E-state index contributed by atoms with van der Waals surface area (Å²) < 4.78 is 0. The minimum absolute atomic E-state index is 0.364. The van der Waals surface area contributed by atoms with Gasteiger partial charge in [-0.3, -0.25) is 9.59 Å². The van der Waals surface area contributed by atoms with Crippen molar-refractivity contribution in [3.63, 3.8) is 0 Å². The average Bonchev–Trinajstić information content (AvgIpc) is 2.37. The maximum atomic E-state index is 10.7. The quantitative estimate of drug-likeness (QED) is 0.848. The number of hydrogen-bond donors (Lipinski definition) is 1. The normalized spacial score (nSPS) is 9.68. The molecule has 0 atom stereocenters. The van der Waals surface area contributed by atoms with Crippen molar-refractivity contribution in [1.82, 2.24) is 0 Å². The molecule has 2 rings (SSSR count). The molecule has 0 fully saturated rings. The molecule has 0 aliphatic heterocycles. The number of primary amides is 1. The third kappa shape index (κ3) is 5.70. The van der Waals surface area contributed by atoms with Gasteiger partial charge >= 0.3 is 0 Å². The predicted octanol–water partition coefficient (Wildman–Crippen LogP) is 4.08. The van der Waals surface area contributed by atoms with Crippen LogP contribution in [0.5, 0.6) is 0 Å². The number of halogens is 1. The molecule has 0 bridgehead atoms. The number of benzene rings is 2. The molecule has 0 heterocycles. The van der Waals surface area contributed by atoms with E-state index < -0.39 is 5.24 Å². The minimum atomic E-state index is -0.392. The van der Waals surface area contributed by atoms with Crippen molar-refractivity contribution in [3.8, 4) is 0 Å². The molecule has 0 saturated carbocycles. The minimum Gasteiger partial charge on any atom is -0.366 e. The molecular weight excluding hydrogens is 298 g/mol. The Bertz CT molecular complexity index is 606. The number of aryl methyl sites for hydroxylation is 4. The molecule has 1 amide bonds. The lowest BCUT2D eigenvalue weighted by Gasteiger charge is -1.99. The Morgan fingerprint density at radius 1 is 0.727 bits per heavy atom. The monoisotopic (exact) mass is 317 g/mol. The fourth-order valence-corrected chi connectivity index (χ4v) is 2.31. The van der Waals surface area contributed by atoms with E-state index in [0.29, 0.717) is 11.1 Å². The summed E-state index contributed by atoms with van der Waals surface area (Å²) in [4.78, 5) is 21.4. The molecule has 0 aromatic heterocycles. The van der Waals surface area contributed by atoms with E-state index in [2.05, 4.69) is 0 Å². The lowest BCUT2D eigenvalue weighted by molar-refractivity contribution is 0.0999. The summed E-state index contributed by atoms with van der Waals surface area (Å²) in [6.45, 7) is 7.77. The summed E-state index contributed by atoms with van der Waals surface area (Å²) in [5.74, 6) is -0.364. The zero-order chi connectivity index (χ0) is 16.9. The van der Waals surface area contributed by atoms with Crippen LogP contribution >= 0.6 is 11.6 Å². The highest BCUT2D eigenvalue weighted by Crippen LogP contribution is 2.10. The van der Waals surface area contributed by atoms with Crippen molar-refractivity contribution in [2.24, 2.45) is 5.73 Å². The van der Waals surface area contributed by atoms with Gasteiger partial charge in [-0.25, -0.2) is 0 Å². The number of carbonyl (C=O) groups excluding carboxylic acids is 2. The highest BCUT2D eigenvalue weighted by atomic mass is 35.5. The first-order valence-electron chi connectivity index (χ1n) is 6.85. The first-order chi connectivity index (χ1) is 10.2. The number of nitrogens with two attached hydrogens (primary N) is 1. The molecule has 0 unspecified atom stereocenters. The van der Waals surface area contributed by atoms with Crippen LogP contribution in [-0.4, -0.2) is 11.1 Å². The van der Waals surface area contributed by atoms with Gasteiger partial charge in [0.25, 0.3) is 5.24 Å². The molecule has 2 aromatic rings. The Morgan fingerprint density at radius 2 is 1.05 bits per heavy atom. The molecule has 3 nitrogen and oxygen atoms in total. The summed E-state index contributed by atoms with van der Waals surface area (Å²) in [7, 11) is 0. The van der Waals surface area contributed by atoms with Crippen LogP contribution < -0.4 is 5.73 Å². The summed E-state index contributed by atoms with van der Waals surface area (Å²) in [5, 5.41) is -0.392. The van der Waals surface area contributed by atoms with Gasteiger partial charge in [-0.05, 0) is 63.6 Å². The molecule has 4 heteroatoms. The van der Waals surface area contributed by atoms with Crippen molar-refractivity contribution in [2.75, 3.05) is 0 Å². The van der Waals surface area contributed by atoms with E-state index >= 15 is 0 Å². The molecule has 2 N–H and O–H groups in total. The first-order valence-corrected chi connectivity index (χ1v) is 7.23. The number of rotatable bonds is 2. The lowest BCUT2D eigenvalue weighted by Crippen LogP contribution is -2.11. The van der Waals surface area contributed by atoms with Gasteiger partial charge in [-0.15, -0.1) is 0 Å². The second-order valence-electron chi connectivity index (χ2n) is 5.39. The van der Waals surface area contributed by atoms with Gasteiger partial charge in [-0.1, -0.05) is 34.4 Å². The van der Waals surface area contributed by atoms with E-state index in [1.165, 1.54) is 0 Å². The Kier molecular flexibility index (Phi) is 6.32. The van der Waals surface area contributed by atoms with Gasteiger partial charge < -0.3 is 5.73 Å². The molecule has 0 spiro atoms. The maximum Gasteiger partial charge on any atom is 0.252 e. The molecule has 22 heavy (non-hydrogen) atoms. The third-order valence-corrected chi connectivity index (χ3v) is 3.17. The van der Waals surface area contributed by atoms with E-state index in [-0.39, 0.29) is 5.91 Å². The van der Waals surface area contributed by atoms with Gasteiger partial charge in [0.1, 0.15) is 0 Å². The van der Waals surface area contributed by atoms with Crippen LogP contribution in [0.15, 0.2) is 36.4 Å². The Hall–Kier alpha value is -2.13. The number of amides is 1. The molecule has 116 valence electrons. The van der Waals surface area contributed by atoms with Crippen molar-refractivity contribution >= 4 is 22.8 Å². The molecular formula is C18H20ClNO2. The molecule has 0 saturated heterocycles. The van der Waals surface area contributed by atoms with Gasteiger partial charge in [0, 0.05) is 11.1 Å². The topological polar surface area (TPSA) is 60.2 Å². The maximum absolute atomic E-state index is 10.7. The highest BCUT2D eigenvalue weighted by molar-refractivity contribution is 6.67. The Labute approximate surface area is 136 Å². The molecule has 0 aliphatic rings. The van der Waals surface area contributed by atoms with E-state index in [9.17, 15) is 9.59 Å².